The van der Waals surface area contributed by atoms with E-state index in [2.05, 4.69) is 24.3 Å². The van der Waals surface area contributed by atoms with E-state index in [1.807, 2.05) is 12.1 Å². The fraction of sp³-hybridized carbons (Fsp3) is 0.200. The van der Waals surface area contributed by atoms with Gasteiger partial charge in [0.2, 0.25) is 5.91 Å². The maximum atomic E-state index is 13.7. The van der Waals surface area contributed by atoms with Gasteiger partial charge in [0.15, 0.2) is 5.17 Å². The first-order valence-corrected chi connectivity index (χ1v) is 11.4. The van der Waals surface area contributed by atoms with Crippen molar-refractivity contribution in [2.45, 2.75) is 18.9 Å². The molecule has 3 aliphatic rings. The summed E-state index contributed by atoms with van der Waals surface area (Å²) in [5.74, 6) is 1.32. The van der Waals surface area contributed by atoms with Crippen molar-refractivity contribution in [1.82, 2.24) is 4.90 Å². The molecule has 6 rings (SSSR count). The fourth-order valence-electron chi connectivity index (χ4n) is 4.65. The number of fused-ring (bicyclic) bond motifs is 5. The zero-order chi connectivity index (χ0) is 20.9. The Balaban J connectivity index is 1.61. The third-order valence-corrected chi connectivity index (χ3v) is 7.01. The van der Waals surface area contributed by atoms with E-state index in [1.165, 1.54) is 12.1 Å². The second-order valence-corrected chi connectivity index (χ2v) is 8.91. The molecule has 3 heterocycles. The van der Waals surface area contributed by atoms with Crippen LogP contribution in [0.5, 0.6) is 5.75 Å². The molecule has 3 aromatic carbocycles. The molecule has 1 fully saturated rings. The Morgan fingerprint density at radius 3 is 2.74 bits per heavy atom. The molecule has 1 unspecified atom stereocenters. The average molecular weight is 431 g/mol. The van der Waals surface area contributed by atoms with Crippen LogP contribution in [-0.4, -0.2) is 28.3 Å². The highest BCUT2D eigenvalue weighted by molar-refractivity contribution is 8.14. The lowest BCUT2D eigenvalue weighted by Crippen LogP contribution is -2.44. The van der Waals surface area contributed by atoms with Crippen LogP contribution in [-0.2, 0) is 4.79 Å². The molecule has 4 nitrogen and oxygen atoms in total. The molecule has 0 aromatic heterocycles. The molecule has 0 spiro atoms. The molecule has 0 N–H and O–H groups in total. The van der Waals surface area contributed by atoms with Gasteiger partial charge in [-0.1, -0.05) is 54.2 Å². The summed E-state index contributed by atoms with van der Waals surface area (Å²) in [5, 5.41) is 2.89. The summed E-state index contributed by atoms with van der Waals surface area (Å²) in [6, 6.07) is 18.5. The van der Waals surface area contributed by atoms with E-state index >= 15 is 0 Å². The Kier molecular flexibility index (Phi) is 4.35. The summed E-state index contributed by atoms with van der Waals surface area (Å²) < 4.78 is 19.9. The largest absolute Gasteiger partial charge is 0.492 e. The monoisotopic (exact) mass is 430 g/mol. The van der Waals surface area contributed by atoms with Crippen LogP contribution >= 0.6 is 11.8 Å². The average Bonchev–Trinajstić information content (AvgIpc) is 2.98. The van der Waals surface area contributed by atoms with E-state index < -0.39 is 0 Å². The first-order chi connectivity index (χ1) is 15.2. The smallest absolute Gasteiger partial charge is 0.230 e. The third kappa shape index (κ3) is 2.97. The molecule has 3 aromatic rings. The van der Waals surface area contributed by atoms with Crippen LogP contribution in [0.3, 0.4) is 0 Å². The number of ether oxygens (including phenoxy) is 1. The van der Waals surface area contributed by atoms with Crippen molar-refractivity contribution in [3.8, 4) is 5.75 Å². The summed E-state index contributed by atoms with van der Waals surface area (Å²) in [6.45, 7) is 0.498. The normalized spacial score (nSPS) is 20.4. The lowest BCUT2D eigenvalue weighted by molar-refractivity contribution is -0.128. The molecule has 1 amide bonds. The zero-order valence-electron chi connectivity index (χ0n) is 16.7. The van der Waals surface area contributed by atoms with Crippen molar-refractivity contribution in [1.29, 1.82) is 0 Å². The number of hydrogen-bond donors (Lipinski definition) is 0. The van der Waals surface area contributed by atoms with Gasteiger partial charge in [-0.05, 0) is 34.7 Å². The van der Waals surface area contributed by atoms with E-state index in [-0.39, 0.29) is 17.8 Å². The predicted molar refractivity (Wildman–Crippen MR) is 121 cm³/mol. The summed E-state index contributed by atoms with van der Waals surface area (Å²) >= 11 is 1.60. The number of halogens is 1. The third-order valence-electron chi connectivity index (χ3n) is 6.06. The Hall–Kier alpha value is -3.12. The summed E-state index contributed by atoms with van der Waals surface area (Å²) in [5.41, 5.74) is 3.76. The molecular weight excluding hydrogens is 411 g/mol. The minimum absolute atomic E-state index is 0.0577. The van der Waals surface area contributed by atoms with E-state index in [9.17, 15) is 9.18 Å². The molecule has 0 bridgehead atoms. The van der Waals surface area contributed by atoms with Crippen LogP contribution in [0.15, 0.2) is 71.2 Å². The molecule has 154 valence electrons. The molecule has 0 saturated carbocycles. The number of thioether (sulfide) groups is 1. The van der Waals surface area contributed by atoms with Gasteiger partial charge < -0.3 is 4.74 Å². The second-order valence-electron chi connectivity index (χ2n) is 7.85. The Bertz CT molecular complexity index is 1280. The van der Waals surface area contributed by atoms with Crippen molar-refractivity contribution in [2.24, 2.45) is 4.99 Å². The van der Waals surface area contributed by atoms with Crippen molar-refractivity contribution >= 4 is 39.3 Å². The molecule has 31 heavy (non-hydrogen) atoms. The first-order valence-electron chi connectivity index (χ1n) is 10.4. The number of carbonyl (C=O) groups excluding carboxylic acids is 1. The number of carbonyl (C=O) groups is 1. The number of amidine groups is 1. The van der Waals surface area contributed by atoms with Crippen molar-refractivity contribution in [3.05, 3.63) is 83.2 Å². The van der Waals surface area contributed by atoms with Gasteiger partial charge in [0.25, 0.3) is 0 Å². The van der Waals surface area contributed by atoms with Crippen LogP contribution in [0.25, 0.3) is 16.5 Å². The van der Waals surface area contributed by atoms with E-state index in [0.717, 1.165) is 38.9 Å². The number of aliphatic imine (C=N–C) groups is 1. The molecule has 1 saturated heterocycles. The number of benzene rings is 3. The van der Waals surface area contributed by atoms with Crippen LogP contribution in [0, 0.1) is 5.82 Å². The summed E-state index contributed by atoms with van der Waals surface area (Å²) in [7, 11) is 0. The highest BCUT2D eigenvalue weighted by Gasteiger charge is 2.40. The number of nitrogens with zero attached hydrogens (tertiary/aromatic N) is 2. The van der Waals surface area contributed by atoms with Gasteiger partial charge in [-0.15, -0.1) is 0 Å². The number of hydrogen-bond acceptors (Lipinski definition) is 4. The summed E-state index contributed by atoms with van der Waals surface area (Å²) in [4.78, 5) is 19.7. The molecule has 0 aliphatic carbocycles. The van der Waals surface area contributed by atoms with Gasteiger partial charge in [-0.3, -0.25) is 9.69 Å². The SMILES string of the molecule is O=C1CCSC2=NC3=C(CCOc4c3ccc3ccccc43)C(c3ccc(F)cc3)N12. The van der Waals surface area contributed by atoms with Gasteiger partial charge in [0.05, 0.1) is 18.3 Å². The fourth-order valence-corrected chi connectivity index (χ4v) is 5.61. The lowest BCUT2D eigenvalue weighted by atomic mass is 9.89. The Morgan fingerprint density at radius 1 is 1.03 bits per heavy atom. The number of amides is 1. The Labute approximate surface area is 183 Å². The van der Waals surface area contributed by atoms with Crippen molar-refractivity contribution in [2.75, 3.05) is 12.4 Å². The van der Waals surface area contributed by atoms with E-state index in [0.29, 0.717) is 30.4 Å². The standard InChI is InChI=1S/C25H19FN2O2S/c26-17-8-5-16(6-9-17)23-19-11-13-30-24-18-4-2-1-3-15(18)7-10-20(24)22(19)27-25-28(23)21(29)12-14-31-25/h1-10,23H,11-14H2. The molecule has 1 atom stereocenters. The van der Waals surface area contributed by atoms with Gasteiger partial charge >= 0.3 is 0 Å². The highest BCUT2D eigenvalue weighted by atomic mass is 32.2. The van der Waals surface area contributed by atoms with Gasteiger partial charge in [0, 0.05) is 29.5 Å². The van der Waals surface area contributed by atoms with E-state index in [1.54, 1.807) is 28.8 Å². The molecule has 3 aliphatic heterocycles. The maximum Gasteiger partial charge on any atom is 0.230 e. The number of rotatable bonds is 1. The minimum atomic E-state index is -0.301. The Morgan fingerprint density at radius 2 is 1.87 bits per heavy atom. The van der Waals surface area contributed by atoms with Crippen LogP contribution in [0.4, 0.5) is 4.39 Å². The van der Waals surface area contributed by atoms with Crippen LogP contribution in [0.1, 0.15) is 30.0 Å². The molecule has 0 radical (unpaired) electrons. The highest BCUT2D eigenvalue weighted by Crippen LogP contribution is 2.48. The zero-order valence-corrected chi connectivity index (χ0v) is 17.5. The summed E-state index contributed by atoms with van der Waals surface area (Å²) in [6.07, 6.45) is 1.12. The predicted octanol–water partition coefficient (Wildman–Crippen LogP) is 5.55. The quantitative estimate of drug-likeness (QED) is 0.508. The second kappa shape index (κ2) is 7.24. The van der Waals surface area contributed by atoms with Crippen molar-refractivity contribution in [3.63, 3.8) is 0 Å². The molecule has 6 heteroatoms. The van der Waals surface area contributed by atoms with Gasteiger partial charge in [0.1, 0.15) is 11.6 Å². The maximum absolute atomic E-state index is 13.7. The van der Waals surface area contributed by atoms with Crippen molar-refractivity contribution < 1.29 is 13.9 Å². The first kappa shape index (κ1) is 18.6. The minimum Gasteiger partial charge on any atom is -0.492 e. The topological polar surface area (TPSA) is 41.9 Å². The van der Waals surface area contributed by atoms with Gasteiger partial charge in [-0.25, -0.2) is 9.38 Å². The lowest BCUT2D eigenvalue weighted by Gasteiger charge is -2.40. The van der Waals surface area contributed by atoms with Crippen LogP contribution < -0.4 is 4.74 Å². The molecular formula is C25H19FN2O2S. The van der Waals surface area contributed by atoms with E-state index in [4.69, 9.17) is 9.73 Å². The van der Waals surface area contributed by atoms with Crippen LogP contribution in [0.2, 0.25) is 0 Å². The van der Waals surface area contributed by atoms with Gasteiger partial charge in [-0.2, -0.15) is 0 Å².